The maximum atomic E-state index is 5.08. The van der Waals surface area contributed by atoms with Gasteiger partial charge in [-0.15, -0.1) is 0 Å². The standard InChI is InChI=1S/C12H22N4O/c1-2-6-16(9-12-14-10-15-17-12)8-11-4-3-5-13-7-11/h10-11,13H,2-9H2,1H3. The van der Waals surface area contributed by atoms with Gasteiger partial charge in [0.2, 0.25) is 5.89 Å². The van der Waals surface area contributed by atoms with Gasteiger partial charge >= 0.3 is 0 Å². The van der Waals surface area contributed by atoms with Crippen LogP contribution < -0.4 is 5.32 Å². The second kappa shape index (κ2) is 6.71. The van der Waals surface area contributed by atoms with E-state index in [9.17, 15) is 0 Å². The minimum absolute atomic E-state index is 0.724. The molecule has 0 saturated carbocycles. The maximum absolute atomic E-state index is 5.08. The monoisotopic (exact) mass is 238 g/mol. The van der Waals surface area contributed by atoms with Crippen LogP contribution in [-0.2, 0) is 6.54 Å². The van der Waals surface area contributed by atoms with Crippen molar-refractivity contribution in [1.82, 2.24) is 20.4 Å². The van der Waals surface area contributed by atoms with Gasteiger partial charge in [-0.3, -0.25) is 4.90 Å². The quantitative estimate of drug-likeness (QED) is 0.809. The van der Waals surface area contributed by atoms with Gasteiger partial charge in [-0.05, 0) is 44.8 Å². The lowest BCUT2D eigenvalue weighted by molar-refractivity contribution is 0.180. The number of piperidine rings is 1. The zero-order chi connectivity index (χ0) is 11.9. The predicted octanol–water partition coefficient (Wildman–Crippen LogP) is 1.28. The third-order valence-electron chi connectivity index (χ3n) is 3.22. The predicted molar refractivity (Wildman–Crippen MR) is 65.5 cm³/mol. The molecule has 17 heavy (non-hydrogen) atoms. The number of hydrogen-bond acceptors (Lipinski definition) is 5. The first-order valence-corrected chi connectivity index (χ1v) is 6.57. The van der Waals surface area contributed by atoms with E-state index in [0.717, 1.165) is 44.4 Å². The van der Waals surface area contributed by atoms with Crippen molar-refractivity contribution in [3.05, 3.63) is 12.2 Å². The van der Waals surface area contributed by atoms with E-state index < -0.39 is 0 Å². The van der Waals surface area contributed by atoms with Gasteiger partial charge in [-0.1, -0.05) is 12.1 Å². The van der Waals surface area contributed by atoms with Crippen molar-refractivity contribution in [3.63, 3.8) is 0 Å². The van der Waals surface area contributed by atoms with E-state index in [1.807, 2.05) is 0 Å². The molecule has 0 aliphatic carbocycles. The summed E-state index contributed by atoms with van der Waals surface area (Å²) < 4.78 is 5.08. The van der Waals surface area contributed by atoms with E-state index in [0.29, 0.717) is 0 Å². The Morgan fingerprint density at radius 2 is 2.53 bits per heavy atom. The molecule has 0 radical (unpaired) electrons. The molecule has 1 aliphatic heterocycles. The lowest BCUT2D eigenvalue weighted by Gasteiger charge is -2.29. The Kier molecular flexibility index (Phi) is 4.94. The Hall–Kier alpha value is -0.940. The van der Waals surface area contributed by atoms with E-state index in [4.69, 9.17) is 4.52 Å². The summed E-state index contributed by atoms with van der Waals surface area (Å²) in [6.07, 6.45) is 5.26. The highest BCUT2D eigenvalue weighted by atomic mass is 16.5. The van der Waals surface area contributed by atoms with Crippen LogP contribution in [0.5, 0.6) is 0 Å². The van der Waals surface area contributed by atoms with Crippen LogP contribution in [0.4, 0.5) is 0 Å². The van der Waals surface area contributed by atoms with Gasteiger partial charge in [-0.2, -0.15) is 4.98 Å². The van der Waals surface area contributed by atoms with E-state index in [1.54, 1.807) is 0 Å². The van der Waals surface area contributed by atoms with Gasteiger partial charge in [0.25, 0.3) is 0 Å². The number of hydrogen-bond donors (Lipinski definition) is 1. The summed E-state index contributed by atoms with van der Waals surface area (Å²) in [7, 11) is 0. The van der Waals surface area contributed by atoms with E-state index >= 15 is 0 Å². The molecule has 1 saturated heterocycles. The highest BCUT2D eigenvalue weighted by molar-refractivity contribution is 4.78. The van der Waals surface area contributed by atoms with Gasteiger partial charge in [-0.25, -0.2) is 0 Å². The van der Waals surface area contributed by atoms with Gasteiger partial charge in [0, 0.05) is 6.54 Å². The van der Waals surface area contributed by atoms with Crippen LogP contribution in [-0.4, -0.2) is 41.2 Å². The molecule has 0 spiro atoms. The fourth-order valence-corrected chi connectivity index (χ4v) is 2.45. The Bertz CT molecular complexity index is 295. The average molecular weight is 238 g/mol. The number of nitrogens with zero attached hydrogens (tertiary/aromatic N) is 3. The van der Waals surface area contributed by atoms with Gasteiger partial charge < -0.3 is 9.84 Å². The maximum Gasteiger partial charge on any atom is 0.240 e. The van der Waals surface area contributed by atoms with Gasteiger partial charge in [0.1, 0.15) is 0 Å². The topological polar surface area (TPSA) is 54.2 Å². The summed E-state index contributed by atoms with van der Waals surface area (Å²) in [5, 5.41) is 7.12. The van der Waals surface area contributed by atoms with Crippen molar-refractivity contribution in [2.75, 3.05) is 26.2 Å². The minimum atomic E-state index is 0.724. The lowest BCUT2D eigenvalue weighted by Crippen LogP contribution is -2.38. The summed E-state index contributed by atoms with van der Waals surface area (Å²) in [6.45, 7) is 7.53. The average Bonchev–Trinajstić information content (AvgIpc) is 2.83. The molecule has 1 N–H and O–H groups in total. The van der Waals surface area contributed by atoms with E-state index in [-0.39, 0.29) is 0 Å². The van der Waals surface area contributed by atoms with Crippen molar-refractivity contribution in [2.45, 2.75) is 32.7 Å². The third-order valence-corrected chi connectivity index (χ3v) is 3.22. The van der Waals surface area contributed by atoms with Crippen LogP contribution in [0.15, 0.2) is 10.9 Å². The molecular weight excluding hydrogens is 216 g/mol. The summed E-state index contributed by atoms with van der Waals surface area (Å²) in [5.41, 5.74) is 0. The Morgan fingerprint density at radius 3 is 3.18 bits per heavy atom. The second-order valence-electron chi connectivity index (χ2n) is 4.78. The lowest BCUT2D eigenvalue weighted by atomic mass is 9.99. The number of aromatic nitrogens is 2. The Labute approximate surface area is 103 Å². The second-order valence-corrected chi connectivity index (χ2v) is 4.78. The van der Waals surface area contributed by atoms with E-state index in [1.165, 1.54) is 25.7 Å². The molecule has 0 aromatic carbocycles. The fourth-order valence-electron chi connectivity index (χ4n) is 2.45. The SMILES string of the molecule is CCCN(Cc1ncno1)CC1CCCNC1. The van der Waals surface area contributed by atoms with Crippen molar-refractivity contribution in [3.8, 4) is 0 Å². The van der Waals surface area contributed by atoms with Crippen molar-refractivity contribution >= 4 is 0 Å². The normalized spacial score (nSPS) is 20.9. The molecule has 1 unspecified atom stereocenters. The molecule has 2 heterocycles. The molecular formula is C12H22N4O. The number of nitrogens with one attached hydrogen (secondary N) is 1. The number of rotatable bonds is 6. The molecule has 5 heteroatoms. The Morgan fingerprint density at radius 1 is 1.59 bits per heavy atom. The minimum Gasteiger partial charge on any atom is -0.338 e. The first-order chi connectivity index (χ1) is 8.38. The zero-order valence-electron chi connectivity index (χ0n) is 10.6. The van der Waals surface area contributed by atoms with Crippen molar-refractivity contribution < 1.29 is 4.52 Å². The molecule has 1 aromatic rings. The zero-order valence-corrected chi connectivity index (χ0v) is 10.6. The van der Waals surface area contributed by atoms with Crippen molar-refractivity contribution in [2.24, 2.45) is 5.92 Å². The fraction of sp³-hybridized carbons (Fsp3) is 0.833. The van der Waals surface area contributed by atoms with E-state index in [2.05, 4.69) is 27.3 Å². The molecule has 2 rings (SSSR count). The third kappa shape index (κ3) is 4.09. The smallest absolute Gasteiger partial charge is 0.240 e. The van der Waals surface area contributed by atoms with Crippen molar-refractivity contribution in [1.29, 1.82) is 0 Å². The first-order valence-electron chi connectivity index (χ1n) is 6.57. The molecule has 1 aromatic heterocycles. The summed E-state index contributed by atoms with van der Waals surface area (Å²) in [4.78, 5) is 6.52. The van der Waals surface area contributed by atoms with Crippen LogP contribution in [0.3, 0.4) is 0 Å². The molecule has 1 aliphatic rings. The summed E-state index contributed by atoms with van der Waals surface area (Å²) >= 11 is 0. The molecule has 1 fully saturated rings. The largest absolute Gasteiger partial charge is 0.338 e. The molecule has 96 valence electrons. The summed E-state index contributed by atoms with van der Waals surface area (Å²) in [5.74, 6) is 1.49. The molecule has 5 nitrogen and oxygen atoms in total. The molecule has 0 bridgehead atoms. The van der Waals surface area contributed by atoms with Gasteiger partial charge in [0.05, 0.1) is 6.54 Å². The first kappa shape index (κ1) is 12.5. The molecule has 0 amide bonds. The van der Waals surface area contributed by atoms with Crippen LogP contribution in [0, 0.1) is 5.92 Å². The highest BCUT2D eigenvalue weighted by Crippen LogP contribution is 2.13. The Balaban J connectivity index is 1.83. The molecule has 1 atom stereocenters. The van der Waals surface area contributed by atoms with Crippen LogP contribution in [0.25, 0.3) is 0 Å². The summed E-state index contributed by atoms with van der Waals surface area (Å²) in [6, 6.07) is 0. The van der Waals surface area contributed by atoms with Crippen LogP contribution in [0.2, 0.25) is 0 Å². The highest BCUT2D eigenvalue weighted by Gasteiger charge is 2.17. The van der Waals surface area contributed by atoms with Crippen LogP contribution >= 0.6 is 0 Å². The van der Waals surface area contributed by atoms with Crippen LogP contribution in [0.1, 0.15) is 32.1 Å². The van der Waals surface area contributed by atoms with Gasteiger partial charge in [0.15, 0.2) is 6.33 Å².